The van der Waals surface area contributed by atoms with Crippen molar-refractivity contribution < 1.29 is 0 Å². The third-order valence-electron chi connectivity index (χ3n) is 3.43. The number of rotatable bonds is 6. The van der Waals surface area contributed by atoms with Crippen LogP contribution < -0.4 is 5.32 Å². The second-order valence-corrected chi connectivity index (χ2v) is 5.50. The maximum Gasteiger partial charge on any atom is 0.00929 e. The summed E-state index contributed by atoms with van der Waals surface area (Å²) in [7, 11) is 0. The minimum Gasteiger partial charge on any atom is -0.313 e. The Morgan fingerprint density at radius 1 is 1.53 bits per heavy atom. The van der Waals surface area contributed by atoms with Crippen LogP contribution in [0.4, 0.5) is 0 Å². The standard InChI is InChI=1S/C13H21NS/c1-3-13(11-4-5-11)14-8-10(2)12-6-7-15-9-12/h6-7,9-11,13-14H,3-5,8H2,1-2H3. The highest BCUT2D eigenvalue weighted by atomic mass is 32.1. The van der Waals surface area contributed by atoms with Crippen LogP contribution in [0.1, 0.15) is 44.6 Å². The van der Waals surface area contributed by atoms with Crippen molar-refractivity contribution in [3.63, 3.8) is 0 Å². The monoisotopic (exact) mass is 223 g/mol. The van der Waals surface area contributed by atoms with E-state index in [1.54, 1.807) is 11.3 Å². The van der Waals surface area contributed by atoms with E-state index in [1.165, 1.54) is 24.8 Å². The summed E-state index contributed by atoms with van der Waals surface area (Å²) in [6.07, 6.45) is 4.16. The maximum absolute atomic E-state index is 3.72. The average Bonchev–Trinajstić information content (AvgIpc) is 2.94. The summed E-state index contributed by atoms with van der Waals surface area (Å²) in [4.78, 5) is 0. The Balaban J connectivity index is 1.76. The molecule has 1 aliphatic rings. The molecule has 84 valence electrons. The summed E-state index contributed by atoms with van der Waals surface area (Å²) < 4.78 is 0. The van der Waals surface area contributed by atoms with Crippen LogP contribution >= 0.6 is 11.3 Å². The van der Waals surface area contributed by atoms with E-state index in [9.17, 15) is 0 Å². The highest BCUT2D eigenvalue weighted by Gasteiger charge is 2.29. The van der Waals surface area contributed by atoms with Crippen molar-refractivity contribution in [2.24, 2.45) is 5.92 Å². The molecule has 0 aromatic carbocycles. The van der Waals surface area contributed by atoms with Gasteiger partial charge in [-0.05, 0) is 53.5 Å². The van der Waals surface area contributed by atoms with Gasteiger partial charge < -0.3 is 5.32 Å². The van der Waals surface area contributed by atoms with E-state index < -0.39 is 0 Å². The second kappa shape index (κ2) is 5.13. The molecular formula is C13H21NS. The zero-order valence-corrected chi connectivity index (χ0v) is 10.5. The molecule has 2 atom stereocenters. The number of hydrogen-bond acceptors (Lipinski definition) is 2. The summed E-state index contributed by atoms with van der Waals surface area (Å²) >= 11 is 1.80. The molecule has 1 heterocycles. The summed E-state index contributed by atoms with van der Waals surface area (Å²) in [5.41, 5.74) is 1.48. The first-order valence-electron chi connectivity index (χ1n) is 6.06. The van der Waals surface area contributed by atoms with Crippen molar-refractivity contribution in [3.05, 3.63) is 22.4 Å². The van der Waals surface area contributed by atoms with E-state index in [0.29, 0.717) is 5.92 Å². The minimum atomic E-state index is 0.657. The summed E-state index contributed by atoms with van der Waals surface area (Å²) in [5.74, 6) is 1.63. The van der Waals surface area contributed by atoms with Crippen LogP contribution in [0.25, 0.3) is 0 Å². The second-order valence-electron chi connectivity index (χ2n) is 4.72. The van der Waals surface area contributed by atoms with Crippen LogP contribution in [0.3, 0.4) is 0 Å². The van der Waals surface area contributed by atoms with Gasteiger partial charge in [0.05, 0.1) is 0 Å². The first kappa shape index (κ1) is 11.2. The predicted molar refractivity (Wildman–Crippen MR) is 67.5 cm³/mol. The topological polar surface area (TPSA) is 12.0 Å². The molecule has 1 N–H and O–H groups in total. The van der Waals surface area contributed by atoms with Crippen LogP contribution in [0.5, 0.6) is 0 Å². The van der Waals surface area contributed by atoms with Crippen LogP contribution in [0.15, 0.2) is 16.8 Å². The van der Waals surface area contributed by atoms with Crippen LogP contribution in [-0.4, -0.2) is 12.6 Å². The van der Waals surface area contributed by atoms with Gasteiger partial charge in [0.1, 0.15) is 0 Å². The Labute approximate surface area is 96.9 Å². The van der Waals surface area contributed by atoms with Crippen molar-refractivity contribution in [2.75, 3.05) is 6.54 Å². The molecule has 0 spiro atoms. The van der Waals surface area contributed by atoms with E-state index in [1.807, 2.05) is 0 Å². The smallest absolute Gasteiger partial charge is 0.00929 e. The third-order valence-corrected chi connectivity index (χ3v) is 4.13. The highest BCUT2D eigenvalue weighted by molar-refractivity contribution is 7.07. The summed E-state index contributed by atoms with van der Waals surface area (Å²) in [6, 6.07) is 3.01. The van der Waals surface area contributed by atoms with Gasteiger partial charge in [-0.1, -0.05) is 13.8 Å². The molecule has 2 rings (SSSR count). The quantitative estimate of drug-likeness (QED) is 0.776. The Kier molecular flexibility index (Phi) is 3.81. The van der Waals surface area contributed by atoms with Crippen molar-refractivity contribution >= 4 is 11.3 Å². The van der Waals surface area contributed by atoms with Crippen molar-refractivity contribution in [1.29, 1.82) is 0 Å². The fraction of sp³-hybridized carbons (Fsp3) is 0.692. The predicted octanol–water partition coefficient (Wildman–Crippen LogP) is 3.63. The van der Waals surface area contributed by atoms with Gasteiger partial charge in [0.2, 0.25) is 0 Å². The molecule has 1 nitrogen and oxygen atoms in total. The van der Waals surface area contributed by atoms with E-state index in [4.69, 9.17) is 0 Å². The van der Waals surface area contributed by atoms with E-state index >= 15 is 0 Å². The lowest BCUT2D eigenvalue weighted by Crippen LogP contribution is -2.33. The molecule has 1 fully saturated rings. The molecular weight excluding hydrogens is 202 g/mol. The van der Waals surface area contributed by atoms with E-state index in [0.717, 1.165) is 18.5 Å². The highest BCUT2D eigenvalue weighted by Crippen LogP contribution is 2.34. The van der Waals surface area contributed by atoms with Crippen molar-refractivity contribution in [3.8, 4) is 0 Å². The molecule has 0 bridgehead atoms. The number of hydrogen-bond donors (Lipinski definition) is 1. The Bertz CT molecular complexity index is 277. The van der Waals surface area contributed by atoms with Gasteiger partial charge in [0.25, 0.3) is 0 Å². The zero-order valence-electron chi connectivity index (χ0n) is 9.70. The average molecular weight is 223 g/mol. The van der Waals surface area contributed by atoms with Crippen molar-refractivity contribution in [1.82, 2.24) is 5.32 Å². The molecule has 0 amide bonds. The van der Waals surface area contributed by atoms with Crippen LogP contribution in [0, 0.1) is 5.92 Å². The number of thiophene rings is 1. The Morgan fingerprint density at radius 3 is 2.87 bits per heavy atom. The minimum absolute atomic E-state index is 0.657. The molecule has 1 aromatic heterocycles. The molecule has 1 aliphatic carbocycles. The lowest BCUT2D eigenvalue weighted by atomic mass is 10.0. The molecule has 0 aliphatic heterocycles. The molecule has 0 saturated heterocycles. The van der Waals surface area contributed by atoms with Gasteiger partial charge in [0, 0.05) is 12.6 Å². The molecule has 15 heavy (non-hydrogen) atoms. The van der Waals surface area contributed by atoms with Gasteiger partial charge in [-0.3, -0.25) is 0 Å². The third kappa shape index (κ3) is 3.05. The largest absolute Gasteiger partial charge is 0.313 e. The van der Waals surface area contributed by atoms with Gasteiger partial charge in [-0.2, -0.15) is 11.3 Å². The van der Waals surface area contributed by atoms with Gasteiger partial charge in [-0.15, -0.1) is 0 Å². The van der Waals surface area contributed by atoms with Gasteiger partial charge in [-0.25, -0.2) is 0 Å². The molecule has 2 unspecified atom stereocenters. The van der Waals surface area contributed by atoms with E-state index in [-0.39, 0.29) is 0 Å². The SMILES string of the molecule is CCC(NCC(C)c1ccsc1)C1CC1. The molecule has 1 aromatic rings. The van der Waals surface area contributed by atoms with Crippen molar-refractivity contribution in [2.45, 2.75) is 45.1 Å². The molecule has 1 saturated carbocycles. The lowest BCUT2D eigenvalue weighted by Gasteiger charge is -2.19. The van der Waals surface area contributed by atoms with Gasteiger partial charge in [0.15, 0.2) is 0 Å². The summed E-state index contributed by atoms with van der Waals surface area (Å²) in [6.45, 7) is 5.74. The normalized spacial score (nSPS) is 20.1. The molecule has 0 radical (unpaired) electrons. The number of nitrogens with one attached hydrogen (secondary N) is 1. The maximum atomic E-state index is 3.72. The van der Waals surface area contributed by atoms with Crippen LogP contribution in [0.2, 0.25) is 0 Å². The fourth-order valence-corrected chi connectivity index (χ4v) is 2.93. The zero-order chi connectivity index (χ0) is 10.7. The van der Waals surface area contributed by atoms with Gasteiger partial charge >= 0.3 is 0 Å². The molecule has 2 heteroatoms. The van der Waals surface area contributed by atoms with Crippen LogP contribution in [-0.2, 0) is 0 Å². The van der Waals surface area contributed by atoms with E-state index in [2.05, 4.69) is 36.0 Å². The Morgan fingerprint density at radius 2 is 2.33 bits per heavy atom. The first-order valence-corrected chi connectivity index (χ1v) is 7.01. The Hall–Kier alpha value is -0.340. The lowest BCUT2D eigenvalue weighted by molar-refractivity contribution is 0.437. The first-order chi connectivity index (χ1) is 7.31. The summed E-state index contributed by atoms with van der Waals surface area (Å²) in [5, 5.41) is 8.16. The fourth-order valence-electron chi connectivity index (χ4n) is 2.14.